The van der Waals surface area contributed by atoms with Crippen molar-refractivity contribution in [2.45, 2.75) is 24.7 Å². The van der Waals surface area contributed by atoms with Gasteiger partial charge in [0.2, 0.25) is 0 Å². The van der Waals surface area contributed by atoms with Gasteiger partial charge in [-0.1, -0.05) is 24.3 Å². The van der Waals surface area contributed by atoms with E-state index in [9.17, 15) is 9.59 Å². The van der Waals surface area contributed by atoms with Crippen LogP contribution in [-0.2, 0) is 0 Å². The second kappa shape index (κ2) is 3.40. The highest BCUT2D eigenvalue weighted by Gasteiger charge is 2.46. The number of hydrogen-bond acceptors (Lipinski definition) is 2. The zero-order chi connectivity index (χ0) is 14.6. The number of fused-ring (bicyclic) bond motifs is 10. The number of allylic oxidation sites excluding steroid dienone is 6. The summed E-state index contributed by atoms with van der Waals surface area (Å²) in [6.45, 7) is 0. The summed E-state index contributed by atoms with van der Waals surface area (Å²) in [5, 5.41) is 0. The van der Waals surface area contributed by atoms with Crippen molar-refractivity contribution in [1.29, 1.82) is 0 Å². The minimum Gasteiger partial charge on any atom is -0.289 e. The standard InChI is InChI=1S/C20H14O2/c21-19-15-7-13-9-1-2-10(5-9)14(13)8-16(15)20(22)18-12-4-3-11(6-12)17(18)19/h1-4,7-12H,5-6H2/t9-,10+,11+,12-. The van der Waals surface area contributed by atoms with Gasteiger partial charge in [-0.15, -0.1) is 0 Å². The molecule has 0 radical (unpaired) electrons. The lowest BCUT2D eigenvalue weighted by Gasteiger charge is -2.24. The Balaban J connectivity index is 1.60. The Morgan fingerprint density at radius 1 is 0.636 bits per heavy atom. The Labute approximate surface area is 128 Å². The summed E-state index contributed by atoms with van der Waals surface area (Å²) in [6.07, 6.45) is 10.7. The Morgan fingerprint density at radius 3 is 1.55 bits per heavy atom. The molecule has 4 bridgehead atoms. The van der Waals surface area contributed by atoms with Gasteiger partial charge < -0.3 is 0 Å². The van der Waals surface area contributed by atoms with Crippen molar-refractivity contribution in [3.63, 3.8) is 0 Å². The predicted molar refractivity (Wildman–Crippen MR) is 82.1 cm³/mol. The number of hydrogen-bond donors (Lipinski definition) is 0. The highest BCUT2D eigenvalue weighted by molar-refractivity contribution is 6.28. The van der Waals surface area contributed by atoms with Crippen molar-refractivity contribution in [3.05, 3.63) is 69.8 Å². The van der Waals surface area contributed by atoms with Gasteiger partial charge in [0.25, 0.3) is 0 Å². The van der Waals surface area contributed by atoms with Crippen LogP contribution in [0.3, 0.4) is 0 Å². The molecule has 4 atom stereocenters. The molecular formula is C20H14O2. The Morgan fingerprint density at radius 2 is 1.05 bits per heavy atom. The average Bonchev–Trinajstić information content (AvgIpc) is 3.29. The first-order chi connectivity index (χ1) is 10.7. The van der Waals surface area contributed by atoms with Gasteiger partial charge in [0.05, 0.1) is 0 Å². The summed E-state index contributed by atoms with van der Waals surface area (Å²) in [6, 6.07) is 4.05. The Hall–Kier alpha value is -2.22. The number of carbonyl (C=O) groups excluding carboxylic acids is 2. The number of carbonyl (C=O) groups is 2. The van der Waals surface area contributed by atoms with Gasteiger partial charge in [0, 0.05) is 45.9 Å². The molecule has 0 saturated heterocycles. The zero-order valence-corrected chi connectivity index (χ0v) is 12.0. The van der Waals surface area contributed by atoms with Crippen LogP contribution in [0.2, 0.25) is 0 Å². The zero-order valence-electron chi connectivity index (χ0n) is 12.0. The van der Waals surface area contributed by atoms with E-state index in [0.29, 0.717) is 23.0 Å². The van der Waals surface area contributed by atoms with Crippen LogP contribution in [-0.4, -0.2) is 11.6 Å². The molecule has 0 unspecified atom stereocenters. The van der Waals surface area contributed by atoms with E-state index in [1.165, 1.54) is 11.1 Å². The van der Waals surface area contributed by atoms with Crippen molar-refractivity contribution in [2.75, 3.05) is 0 Å². The van der Waals surface area contributed by atoms with Crippen LogP contribution in [0.5, 0.6) is 0 Å². The van der Waals surface area contributed by atoms with Crippen LogP contribution in [0, 0.1) is 11.8 Å². The molecule has 2 heteroatoms. The molecular weight excluding hydrogens is 272 g/mol. The van der Waals surface area contributed by atoms with Gasteiger partial charge in [-0.05, 0) is 36.1 Å². The minimum atomic E-state index is 0.107. The molecule has 1 aromatic rings. The fourth-order valence-corrected chi connectivity index (χ4v) is 5.21. The monoisotopic (exact) mass is 286 g/mol. The van der Waals surface area contributed by atoms with Crippen LogP contribution in [0.1, 0.15) is 56.5 Å². The molecule has 0 amide bonds. The number of ketones is 2. The maximum atomic E-state index is 13.0. The highest BCUT2D eigenvalue weighted by Crippen LogP contribution is 2.52. The molecule has 0 heterocycles. The number of benzene rings is 1. The van der Waals surface area contributed by atoms with Crippen LogP contribution in [0.25, 0.3) is 0 Å². The summed E-state index contributed by atoms with van der Waals surface area (Å²) in [4.78, 5) is 26.0. The normalized spacial score (nSPS) is 35.5. The number of Topliss-reactive ketones (excluding diaryl/α,β-unsaturated/α-hetero) is 2. The van der Waals surface area contributed by atoms with E-state index in [2.05, 4.69) is 24.3 Å². The van der Waals surface area contributed by atoms with E-state index in [1.54, 1.807) is 0 Å². The fourth-order valence-electron chi connectivity index (χ4n) is 5.21. The summed E-state index contributed by atoms with van der Waals surface area (Å²) >= 11 is 0. The predicted octanol–water partition coefficient (Wildman–Crippen LogP) is 3.71. The van der Waals surface area contributed by atoms with Crippen molar-refractivity contribution in [3.8, 4) is 0 Å². The van der Waals surface area contributed by atoms with E-state index < -0.39 is 0 Å². The van der Waals surface area contributed by atoms with Crippen LogP contribution in [0.4, 0.5) is 0 Å². The smallest absolute Gasteiger partial charge is 0.190 e. The first-order valence-electron chi connectivity index (χ1n) is 8.10. The third kappa shape index (κ3) is 1.09. The first kappa shape index (κ1) is 11.4. The third-order valence-corrected chi connectivity index (χ3v) is 6.20. The summed E-state index contributed by atoms with van der Waals surface area (Å²) in [5.74, 6) is 1.46. The van der Waals surface area contributed by atoms with Gasteiger partial charge in [-0.2, -0.15) is 0 Å². The SMILES string of the molecule is O=C1C2=C(C(=O)c3cc4c(cc31)[C@H]1C=C[C@@H]4C1)[C@H]1C=C[C@@H]2C1. The fraction of sp³-hybridized carbons (Fsp3) is 0.300. The molecule has 0 aliphatic heterocycles. The first-order valence-corrected chi connectivity index (χ1v) is 8.10. The van der Waals surface area contributed by atoms with Gasteiger partial charge in [-0.3, -0.25) is 9.59 Å². The molecule has 0 fully saturated rings. The van der Waals surface area contributed by atoms with E-state index in [0.717, 1.165) is 24.0 Å². The summed E-state index contributed by atoms with van der Waals surface area (Å²) < 4.78 is 0. The van der Waals surface area contributed by atoms with Crippen LogP contribution < -0.4 is 0 Å². The molecule has 5 aliphatic carbocycles. The van der Waals surface area contributed by atoms with Crippen LogP contribution in [0.15, 0.2) is 47.6 Å². The molecule has 2 nitrogen and oxygen atoms in total. The second-order valence-corrected chi connectivity index (χ2v) is 7.18. The topological polar surface area (TPSA) is 34.1 Å². The van der Waals surface area contributed by atoms with Gasteiger partial charge in [-0.25, -0.2) is 0 Å². The largest absolute Gasteiger partial charge is 0.289 e. The second-order valence-electron chi connectivity index (χ2n) is 7.18. The van der Waals surface area contributed by atoms with Crippen molar-refractivity contribution < 1.29 is 9.59 Å². The Bertz CT molecular complexity index is 828. The van der Waals surface area contributed by atoms with Gasteiger partial charge in [0.1, 0.15) is 0 Å². The lowest BCUT2D eigenvalue weighted by Crippen LogP contribution is -2.25. The minimum absolute atomic E-state index is 0.107. The molecule has 6 rings (SSSR count). The average molecular weight is 286 g/mol. The highest BCUT2D eigenvalue weighted by atomic mass is 16.1. The van der Waals surface area contributed by atoms with Crippen LogP contribution >= 0.6 is 0 Å². The molecule has 0 N–H and O–H groups in total. The van der Waals surface area contributed by atoms with E-state index in [4.69, 9.17) is 0 Å². The third-order valence-electron chi connectivity index (χ3n) is 6.20. The molecule has 0 saturated carbocycles. The van der Waals surface area contributed by atoms with Crippen molar-refractivity contribution >= 4 is 11.6 Å². The molecule has 22 heavy (non-hydrogen) atoms. The van der Waals surface area contributed by atoms with Crippen molar-refractivity contribution in [1.82, 2.24) is 0 Å². The van der Waals surface area contributed by atoms with Gasteiger partial charge in [0.15, 0.2) is 11.6 Å². The number of rotatable bonds is 0. The molecule has 1 aromatic carbocycles. The maximum absolute atomic E-state index is 13.0. The molecule has 5 aliphatic rings. The lowest BCUT2D eigenvalue weighted by atomic mass is 9.77. The van der Waals surface area contributed by atoms with Gasteiger partial charge >= 0.3 is 0 Å². The van der Waals surface area contributed by atoms with E-state index in [-0.39, 0.29) is 23.4 Å². The summed E-state index contributed by atoms with van der Waals surface area (Å²) in [7, 11) is 0. The van der Waals surface area contributed by atoms with Crippen molar-refractivity contribution in [2.24, 2.45) is 11.8 Å². The molecule has 0 spiro atoms. The molecule has 106 valence electrons. The quantitative estimate of drug-likeness (QED) is 0.681. The van der Waals surface area contributed by atoms with E-state index in [1.807, 2.05) is 12.1 Å². The molecule has 0 aromatic heterocycles. The summed E-state index contributed by atoms with van der Waals surface area (Å²) in [5.41, 5.74) is 5.45. The van der Waals surface area contributed by atoms with E-state index >= 15 is 0 Å². The lowest BCUT2D eigenvalue weighted by molar-refractivity contribution is 0.0969. The maximum Gasteiger partial charge on any atom is 0.190 e. The Kier molecular flexibility index (Phi) is 1.76.